The molecule has 0 radical (unpaired) electrons. The minimum absolute atomic E-state index is 0.215. The van der Waals surface area contributed by atoms with E-state index in [4.69, 9.17) is 5.10 Å². The first-order valence-corrected chi connectivity index (χ1v) is 19.8. The van der Waals surface area contributed by atoms with Gasteiger partial charge < -0.3 is 20.2 Å². The molecule has 3 aromatic heterocycles. The number of carbonyl (C=O) groups is 3. The number of aryl methyl sites for hydroxylation is 1. The molecular formula is C42H51N9O5. The Balaban J connectivity index is 0.882. The first-order chi connectivity index (χ1) is 26.9. The first kappa shape index (κ1) is 37.6. The number of fused-ring (bicyclic) bond motifs is 2. The maximum absolute atomic E-state index is 13.5. The highest BCUT2D eigenvalue weighted by Gasteiger charge is 2.33. The molecule has 3 aliphatic rings. The second kappa shape index (κ2) is 15.0. The summed E-state index contributed by atoms with van der Waals surface area (Å²) < 4.78 is 5.28. The van der Waals surface area contributed by atoms with Crippen LogP contribution < -0.4 is 21.2 Å². The minimum Gasteiger partial charge on any atom is -0.386 e. The number of hydrogen-bond acceptors (Lipinski definition) is 9. The highest BCUT2D eigenvalue weighted by molar-refractivity contribution is 6.04. The van der Waals surface area contributed by atoms with E-state index in [9.17, 15) is 24.3 Å². The summed E-state index contributed by atoms with van der Waals surface area (Å²) in [6, 6.07) is 14.9. The van der Waals surface area contributed by atoms with Crippen molar-refractivity contribution in [2.45, 2.75) is 88.9 Å². The molecule has 3 amide bonds. The van der Waals surface area contributed by atoms with Gasteiger partial charge in [0, 0.05) is 68.2 Å². The Bertz CT molecular complexity index is 2340. The Morgan fingerprint density at radius 3 is 2.46 bits per heavy atom. The molecule has 8 rings (SSSR count). The van der Waals surface area contributed by atoms with Gasteiger partial charge in [-0.2, -0.15) is 5.10 Å². The fourth-order valence-corrected chi connectivity index (χ4v) is 9.17. The lowest BCUT2D eigenvalue weighted by molar-refractivity contribution is -0.135. The van der Waals surface area contributed by atoms with Gasteiger partial charge in [-0.05, 0) is 108 Å². The number of aromatic nitrogens is 5. The van der Waals surface area contributed by atoms with Crippen LogP contribution in [-0.4, -0.2) is 84.4 Å². The third-order valence-corrected chi connectivity index (χ3v) is 12.2. The molecule has 14 nitrogen and oxygen atoms in total. The van der Waals surface area contributed by atoms with E-state index in [1.165, 1.54) is 0 Å². The van der Waals surface area contributed by atoms with Gasteiger partial charge in [-0.3, -0.25) is 38.5 Å². The van der Waals surface area contributed by atoms with E-state index in [-0.39, 0.29) is 30.0 Å². The molecule has 3 N–H and O–H groups in total. The smallest absolute Gasteiger partial charge is 0.329 e. The molecule has 5 heterocycles. The van der Waals surface area contributed by atoms with E-state index < -0.39 is 17.6 Å². The summed E-state index contributed by atoms with van der Waals surface area (Å²) in [5.41, 5.74) is 3.35. The lowest BCUT2D eigenvalue weighted by atomic mass is 9.85. The van der Waals surface area contributed by atoms with Crippen molar-refractivity contribution >= 4 is 51.0 Å². The largest absolute Gasteiger partial charge is 0.386 e. The molecular weight excluding hydrogens is 711 g/mol. The Labute approximate surface area is 325 Å². The van der Waals surface area contributed by atoms with Crippen molar-refractivity contribution in [3.8, 4) is 0 Å². The molecule has 0 spiro atoms. The van der Waals surface area contributed by atoms with E-state index in [1.807, 2.05) is 24.3 Å². The fourth-order valence-electron chi connectivity index (χ4n) is 9.17. The topological polar surface area (TPSA) is 160 Å². The summed E-state index contributed by atoms with van der Waals surface area (Å²) in [6.07, 6.45) is 10.5. The Morgan fingerprint density at radius 2 is 1.77 bits per heavy atom. The average Bonchev–Trinajstić information content (AvgIpc) is 3.72. The average molecular weight is 762 g/mol. The number of piperidine rings is 2. The molecule has 0 bridgehead atoms. The quantitative estimate of drug-likeness (QED) is 0.178. The SMILES string of the molecule is CN(CC1CCC(n2cc3cc(NC(=O)c4ccccn4)c(C(C)(C)O)cc3n2)CC1)C1CCN(c2cccc3c2n(C)c(=O)n3C2CCC(=O)NC2=O)CC1. The summed E-state index contributed by atoms with van der Waals surface area (Å²) >= 11 is 0. The lowest BCUT2D eigenvalue weighted by Crippen LogP contribution is -2.45. The Kier molecular flexibility index (Phi) is 10.0. The second-order valence-electron chi connectivity index (χ2n) is 16.4. The monoisotopic (exact) mass is 761 g/mol. The lowest BCUT2D eigenvalue weighted by Gasteiger charge is -2.40. The standard InChI is InChI=1S/C42H51N9O5/c1-42(2,56)30-23-32-27(22-33(30)44-39(53)31-8-5-6-19-43-31)25-50(46-32)29-13-11-26(12-14-29)24-47(3)28-17-20-49(21-18-28)34-9-7-10-35-38(34)48(4)41(55)51(35)36-15-16-37(52)45-40(36)54/h5-10,19,22-23,25-26,28-29,36,56H,11-18,20-21,24H2,1-4H3,(H,44,53)(H,45,52,54). The molecule has 2 saturated heterocycles. The Hall–Kier alpha value is -5.34. The van der Waals surface area contributed by atoms with E-state index in [0.717, 1.165) is 85.8 Å². The van der Waals surface area contributed by atoms with Gasteiger partial charge in [-0.25, -0.2) is 4.79 Å². The number of nitrogens with zero attached hydrogens (tertiary/aromatic N) is 7. The molecule has 1 saturated carbocycles. The third-order valence-electron chi connectivity index (χ3n) is 12.2. The molecule has 14 heteroatoms. The first-order valence-electron chi connectivity index (χ1n) is 19.8. The summed E-state index contributed by atoms with van der Waals surface area (Å²) in [6.45, 7) is 6.20. The van der Waals surface area contributed by atoms with E-state index in [1.54, 1.807) is 54.4 Å². The number of hydrogen-bond donors (Lipinski definition) is 3. The zero-order valence-corrected chi connectivity index (χ0v) is 32.6. The van der Waals surface area contributed by atoms with Crippen LogP contribution in [0.25, 0.3) is 21.9 Å². The number of carbonyl (C=O) groups excluding carboxylic acids is 3. The van der Waals surface area contributed by atoms with E-state index in [0.29, 0.717) is 35.3 Å². The highest BCUT2D eigenvalue weighted by Crippen LogP contribution is 2.37. The molecule has 2 aliphatic heterocycles. The molecule has 1 aliphatic carbocycles. The number of imidazole rings is 1. The van der Waals surface area contributed by atoms with Crippen LogP contribution in [0.4, 0.5) is 11.4 Å². The van der Waals surface area contributed by atoms with Gasteiger partial charge in [0.25, 0.3) is 5.91 Å². The second-order valence-corrected chi connectivity index (χ2v) is 16.4. The minimum atomic E-state index is -1.19. The van der Waals surface area contributed by atoms with Gasteiger partial charge in [0.15, 0.2) is 0 Å². The maximum Gasteiger partial charge on any atom is 0.329 e. The van der Waals surface area contributed by atoms with E-state index >= 15 is 0 Å². The zero-order chi connectivity index (χ0) is 39.3. The number of imide groups is 1. The third kappa shape index (κ3) is 7.23. The van der Waals surface area contributed by atoms with Crippen LogP contribution in [0.15, 0.2) is 65.7 Å². The number of benzene rings is 2. The summed E-state index contributed by atoms with van der Waals surface area (Å²) in [7, 11) is 4.01. The molecule has 294 valence electrons. The zero-order valence-electron chi connectivity index (χ0n) is 32.6. The van der Waals surface area contributed by atoms with Crippen LogP contribution in [0.2, 0.25) is 0 Å². The van der Waals surface area contributed by atoms with Gasteiger partial charge in [0.05, 0.1) is 33.9 Å². The number of aliphatic hydroxyl groups is 1. The Morgan fingerprint density at radius 1 is 1.00 bits per heavy atom. The van der Waals surface area contributed by atoms with Crippen molar-refractivity contribution in [1.29, 1.82) is 0 Å². The molecule has 1 atom stereocenters. The van der Waals surface area contributed by atoms with Crippen LogP contribution in [0.1, 0.15) is 93.3 Å². The van der Waals surface area contributed by atoms with Crippen LogP contribution in [-0.2, 0) is 22.2 Å². The van der Waals surface area contributed by atoms with Crippen molar-refractivity contribution < 1.29 is 19.5 Å². The maximum atomic E-state index is 13.5. The number of pyridine rings is 1. The van der Waals surface area contributed by atoms with Crippen molar-refractivity contribution in [3.63, 3.8) is 0 Å². The van der Waals surface area contributed by atoms with E-state index in [2.05, 4.69) is 49.4 Å². The highest BCUT2D eigenvalue weighted by atomic mass is 16.3. The number of amides is 3. The van der Waals surface area contributed by atoms with Crippen LogP contribution in [0.5, 0.6) is 0 Å². The van der Waals surface area contributed by atoms with Gasteiger partial charge in [0.1, 0.15) is 11.7 Å². The van der Waals surface area contributed by atoms with Crippen molar-refractivity contribution in [1.82, 2.24) is 34.1 Å². The van der Waals surface area contributed by atoms with Crippen LogP contribution in [0, 0.1) is 5.92 Å². The predicted molar refractivity (Wildman–Crippen MR) is 215 cm³/mol. The van der Waals surface area contributed by atoms with Crippen LogP contribution in [0.3, 0.4) is 0 Å². The molecule has 56 heavy (non-hydrogen) atoms. The van der Waals surface area contributed by atoms with Gasteiger partial charge in [0.2, 0.25) is 11.8 Å². The number of rotatable bonds is 9. The van der Waals surface area contributed by atoms with Crippen molar-refractivity contribution in [2.24, 2.45) is 13.0 Å². The van der Waals surface area contributed by atoms with Crippen LogP contribution >= 0.6 is 0 Å². The fraction of sp³-hybridized carbons (Fsp3) is 0.476. The molecule has 3 fully saturated rings. The molecule has 1 unspecified atom stereocenters. The van der Waals surface area contributed by atoms with Gasteiger partial charge in [-0.1, -0.05) is 12.1 Å². The number of anilines is 2. The normalized spacial score (nSPS) is 21.2. The summed E-state index contributed by atoms with van der Waals surface area (Å²) in [4.78, 5) is 60.0. The van der Waals surface area contributed by atoms with Crippen molar-refractivity contribution in [2.75, 3.05) is 36.9 Å². The summed E-state index contributed by atoms with van der Waals surface area (Å²) in [5.74, 6) is -0.450. The number of nitrogens with one attached hydrogen (secondary N) is 2. The van der Waals surface area contributed by atoms with Crippen molar-refractivity contribution in [3.05, 3.63) is 82.7 Å². The number of para-hydroxylation sites is 1. The van der Waals surface area contributed by atoms with Gasteiger partial charge in [-0.15, -0.1) is 0 Å². The summed E-state index contributed by atoms with van der Waals surface area (Å²) in [5, 5.41) is 22.2. The predicted octanol–water partition coefficient (Wildman–Crippen LogP) is 4.87. The van der Waals surface area contributed by atoms with Gasteiger partial charge >= 0.3 is 5.69 Å². The molecule has 5 aromatic rings. The molecule has 2 aromatic carbocycles.